The molecule has 1 N–H and O–H groups in total. The van der Waals surface area contributed by atoms with Crippen LogP contribution in [0.1, 0.15) is 28.9 Å². The third-order valence-electron chi connectivity index (χ3n) is 5.53. The minimum absolute atomic E-state index is 0.102. The maximum atomic E-state index is 13.0. The van der Waals surface area contributed by atoms with Crippen LogP contribution in [0.2, 0.25) is 5.02 Å². The summed E-state index contributed by atoms with van der Waals surface area (Å²) in [7, 11) is 0. The Labute approximate surface area is 153 Å². The van der Waals surface area contributed by atoms with Gasteiger partial charge in [0.25, 0.3) is 5.91 Å². The number of fused-ring (bicyclic) bond motifs is 1. The molecular weight excluding hydrogens is 336 g/mol. The van der Waals surface area contributed by atoms with E-state index in [1.807, 2.05) is 42.3 Å². The van der Waals surface area contributed by atoms with E-state index in [2.05, 4.69) is 10.4 Å². The molecule has 1 amide bonds. The van der Waals surface area contributed by atoms with Crippen molar-refractivity contribution in [2.24, 2.45) is 11.8 Å². The molecular formula is C19H23ClN4O. The highest BCUT2D eigenvalue weighted by molar-refractivity contribution is 6.30. The van der Waals surface area contributed by atoms with Crippen molar-refractivity contribution < 1.29 is 4.79 Å². The van der Waals surface area contributed by atoms with Gasteiger partial charge in [-0.25, -0.2) is 4.68 Å². The number of aryl methyl sites for hydroxylation is 1. The number of rotatable bonds is 2. The number of halogens is 1. The monoisotopic (exact) mass is 358 g/mol. The van der Waals surface area contributed by atoms with Gasteiger partial charge in [0.1, 0.15) is 0 Å². The summed E-state index contributed by atoms with van der Waals surface area (Å²) in [5.74, 6) is 1.54. The van der Waals surface area contributed by atoms with Crippen LogP contribution in [0.3, 0.4) is 0 Å². The fraction of sp³-hybridized carbons (Fsp3) is 0.474. The number of nitrogens with one attached hydrogen (secondary N) is 1. The summed E-state index contributed by atoms with van der Waals surface area (Å²) in [6, 6.07) is 7.47. The molecule has 2 aliphatic heterocycles. The average Bonchev–Trinajstić information content (AvgIpc) is 3.16. The van der Waals surface area contributed by atoms with E-state index in [1.54, 1.807) is 4.68 Å². The van der Waals surface area contributed by atoms with Gasteiger partial charge < -0.3 is 10.2 Å². The molecule has 0 saturated carbocycles. The zero-order valence-corrected chi connectivity index (χ0v) is 15.2. The SMILES string of the molecule is Cc1nn(-c2ccc(Cl)cc2)cc1C(=O)N1CC[C@@H]2CNC[C@@H]2CC1. The summed E-state index contributed by atoms with van der Waals surface area (Å²) < 4.78 is 1.76. The quantitative estimate of drug-likeness (QED) is 0.898. The standard InChI is InChI=1S/C19H23ClN4O/c1-13-18(12-24(22-13)17-4-2-16(20)3-5-17)19(25)23-8-6-14-10-21-11-15(14)7-9-23/h2-5,12,14-15,21H,6-11H2,1H3/t14-,15+. The Balaban J connectivity index is 1.53. The topological polar surface area (TPSA) is 50.2 Å². The minimum Gasteiger partial charge on any atom is -0.339 e. The molecule has 25 heavy (non-hydrogen) atoms. The Kier molecular flexibility index (Phi) is 4.52. The van der Waals surface area contributed by atoms with Gasteiger partial charge in [-0.15, -0.1) is 0 Å². The van der Waals surface area contributed by atoms with Gasteiger partial charge in [0.2, 0.25) is 0 Å². The van der Waals surface area contributed by atoms with E-state index in [1.165, 1.54) is 0 Å². The van der Waals surface area contributed by atoms with E-state index in [-0.39, 0.29) is 5.91 Å². The lowest BCUT2D eigenvalue weighted by atomic mass is 9.92. The van der Waals surface area contributed by atoms with E-state index in [0.29, 0.717) is 10.6 Å². The van der Waals surface area contributed by atoms with Crippen LogP contribution in [0.4, 0.5) is 0 Å². The first-order valence-electron chi connectivity index (χ1n) is 8.94. The van der Waals surface area contributed by atoms with Gasteiger partial charge in [-0.05, 0) is 69.0 Å². The van der Waals surface area contributed by atoms with Crippen molar-refractivity contribution in [2.75, 3.05) is 26.2 Å². The third-order valence-corrected chi connectivity index (χ3v) is 5.78. The second-order valence-electron chi connectivity index (χ2n) is 7.10. The molecule has 2 aromatic rings. The van der Waals surface area contributed by atoms with Crippen LogP contribution < -0.4 is 5.32 Å². The number of carbonyl (C=O) groups excluding carboxylic acids is 1. The number of hydrogen-bond donors (Lipinski definition) is 1. The fourth-order valence-corrected chi connectivity index (χ4v) is 4.11. The Morgan fingerprint density at radius 2 is 1.80 bits per heavy atom. The predicted molar refractivity (Wildman–Crippen MR) is 98.3 cm³/mol. The van der Waals surface area contributed by atoms with Crippen LogP contribution in [0.25, 0.3) is 5.69 Å². The molecule has 6 heteroatoms. The number of nitrogens with zero attached hydrogens (tertiary/aromatic N) is 3. The predicted octanol–water partition coefficient (Wildman–Crippen LogP) is 2.91. The van der Waals surface area contributed by atoms with Gasteiger partial charge in [-0.1, -0.05) is 11.6 Å². The van der Waals surface area contributed by atoms with E-state index in [4.69, 9.17) is 11.6 Å². The molecule has 2 atom stereocenters. The Bertz CT molecular complexity index is 756. The highest BCUT2D eigenvalue weighted by atomic mass is 35.5. The van der Waals surface area contributed by atoms with Crippen molar-refractivity contribution in [3.8, 4) is 5.69 Å². The molecule has 5 nitrogen and oxygen atoms in total. The molecule has 1 aromatic carbocycles. The van der Waals surface area contributed by atoms with Crippen molar-refractivity contribution >= 4 is 17.5 Å². The van der Waals surface area contributed by atoms with Crippen molar-refractivity contribution in [1.29, 1.82) is 0 Å². The summed E-state index contributed by atoms with van der Waals surface area (Å²) >= 11 is 5.95. The van der Waals surface area contributed by atoms with Gasteiger partial charge in [-0.3, -0.25) is 4.79 Å². The molecule has 2 fully saturated rings. The molecule has 0 spiro atoms. The molecule has 2 saturated heterocycles. The summed E-state index contributed by atoms with van der Waals surface area (Å²) in [6.45, 7) is 5.77. The second kappa shape index (κ2) is 6.81. The molecule has 4 rings (SSSR count). The van der Waals surface area contributed by atoms with Crippen LogP contribution in [0, 0.1) is 18.8 Å². The Morgan fingerprint density at radius 1 is 1.16 bits per heavy atom. The molecule has 3 heterocycles. The summed E-state index contributed by atoms with van der Waals surface area (Å²) in [4.78, 5) is 15.0. The van der Waals surface area contributed by atoms with Gasteiger partial charge >= 0.3 is 0 Å². The summed E-state index contributed by atoms with van der Waals surface area (Å²) in [6.07, 6.45) is 4.02. The molecule has 0 aliphatic carbocycles. The van der Waals surface area contributed by atoms with E-state index >= 15 is 0 Å². The van der Waals surface area contributed by atoms with Crippen LogP contribution in [-0.2, 0) is 0 Å². The van der Waals surface area contributed by atoms with Crippen LogP contribution in [-0.4, -0.2) is 46.8 Å². The zero-order chi connectivity index (χ0) is 17.4. The van der Waals surface area contributed by atoms with Crippen molar-refractivity contribution in [3.05, 3.63) is 46.7 Å². The van der Waals surface area contributed by atoms with Crippen LogP contribution >= 0.6 is 11.6 Å². The largest absolute Gasteiger partial charge is 0.339 e. The van der Waals surface area contributed by atoms with Gasteiger partial charge in [-0.2, -0.15) is 5.10 Å². The summed E-state index contributed by atoms with van der Waals surface area (Å²) in [5, 5.41) is 8.69. The number of benzene rings is 1. The molecule has 0 radical (unpaired) electrons. The molecule has 132 valence electrons. The third kappa shape index (κ3) is 3.31. The number of likely N-dealkylation sites (tertiary alicyclic amines) is 1. The maximum Gasteiger partial charge on any atom is 0.257 e. The highest BCUT2D eigenvalue weighted by Gasteiger charge is 2.32. The summed E-state index contributed by atoms with van der Waals surface area (Å²) in [5.41, 5.74) is 2.37. The smallest absolute Gasteiger partial charge is 0.257 e. The lowest BCUT2D eigenvalue weighted by molar-refractivity contribution is 0.0758. The number of aromatic nitrogens is 2. The lowest BCUT2D eigenvalue weighted by Crippen LogP contribution is -2.33. The van der Waals surface area contributed by atoms with E-state index < -0.39 is 0 Å². The molecule has 0 unspecified atom stereocenters. The minimum atomic E-state index is 0.102. The first-order chi connectivity index (χ1) is 12.1. The highest BCUT2D eigenvalue weighted by Crippen LogP contribution is 2.28. The molecule has 2 aliphatic rings. The van der Waals surface area contributed by atoms with Gasteiger partial charge in [0.05, 0.1) is 16.9 Å². The molecule has 1 aromatic heterocycles. The van der Waals surface area contributed by atoms with Crippen LogP contribution in [0.5, 0.6) is 0 Å². The molecule has 0 bridgehead atoms. The first-order valence-corrected chi connectivity index (χ1v) is 9.32. The van der Waals surface area contributed by atoms with E-state index in [0.717, 1.165) is 62.2 Å². The fourth-order valence-electron chi connectivity index (χ4n) is 3.99. The lowest BCUT2D eigenvalue weighted by Gasteiger charge is -2.20. The number of amides is 1. The van der Waals surface area contributed by atoms with Gasteiger partial charge in [0, 0.05) is 24.3 Å². The first kappa shape index (κ1) is 16.6. The van der Waals surface area contributed by atoms with Crippen molar-refractivity contribution in [1.82, 2.24) is 20.0 Å². The Morgan fingerprint density at radius 3 is 2.44 bits per heavy atom. The van der Waals surface area contributed by atoms with E-state index in [9.17, 15) is 4.79 Å². The average molecular weight is 359 g/mol. The zero-order valence-electron chi connectivity index (χ0n) is 14.4. The van der Waals surface area contributed by atoms with Gasteiger partial charge in [0.15, 0.2) is 0 Å². The second-order valence-corrected chi connectivity index (χ2v) is 7.53. The normalized spacial score (nSPS) is 23.4. The van der Waals surface area contributed by atoms with Crippen LogP contribution in [0.15, 0.2) is 30.5 Å². The Hall–Kier alpha value is -1.85. The van der Waals surface area contributed by atoms with Crippen molar-refractivity contribution in [2.45, 2.75) is 19.8 Å². The number of carbonyl (C=O) groups is 1. The maximum absolute atomic E-state index is 13.0. The number of hydrogen-bond acceptors (Lipinski definition) is 3. The van der Waals surface area contributed by atoms with Crippen molar-refractivity contribution in [3.63, 3.8) is 0 Å².